The number of hydrogen-bond acceptors (Lipinski definition) is 2. The Morgan fingerprint density at radius 1 is 1.45 bits per heavy atom. The van der Waals surface area contributed by atoms with Gasteiger partial charge in [0.15, 0.2) is 0 Å². The van der Waals surface area contributed by atoms with Crippen LogP contribution in [0.15, 0.2) is 30.9 Å². The Hall–Kier alpha value is -2.30. The molecule has 1 aromatic rings. The Morgan fingerprint density at radius 2 is 2.15 bits per heavy atom. The van der Waals surface area contributed by atoms with E-state index in [0.29, 0.717) is 12.2 Å². The highest BCUT2D eigenvalue weighted by atomic mass is 16.4. The predicted octanol–water partition coefficient (Wildman–Crippen LogP) is 3.12. The summed E-state index contributed by atoms with van der Waals surface area (Å²) < 4.78 is 0. The molecule has 0 saturated carbocycles. The Morgan fingerprint density at radius 3 is 2.75 bits per heavy atom. The van der Waals surface area contributed by atoms with Gasteiger partial charge in [0.05, 0.1) is 5.56 Å². The summed E-state index contributed by atoms with van der Waals surface area (Å²) in [4.78, 5) is 24.5. The third-order valence-electron chi connectivity index (χ3n) is 2.97. The molecule has 0 radical (unpaired) electrons. The molecule has 0 aliphatic heterocycles. The largest absolute Gasteiger partial charge is 0.478 e. The number of carbonyl (C=O) groups excluding carboxylic acids is 1. The molecule has 5 heteroatoms. The number of carboxylic acid groups (broad SMARTS) is 1. The molecule has 2 amide bonds. The maximum Gasteiger partial charge on any atom is 0.335 e. The van der Waals surface area contributed by atoms with Crippen LogP contribution in [0.5, 0.6) is 0 Å². The van der Waals surface area contributed by atoms with Crippen molar-refractivity contribution in [3.63, 3.8) is 0 Å². The number of unbranched alkanes of at least 4 members (excludes halogenated alkanes) is 1. The molecule has 0 heterocycles. The monoisotopic (exact) mass is 276 g/mol. The average molecular weight is 276 g/mol. The van der Waals surface area contributed by atoms with Crippen LogP contribution in [0.3, 0.4) is 0 Å². The zero-order chi connectivity index (χ0) is 15.1. The van der Waals surface area contributed by atoms with Crippen LogP contribution in [0.4, 0.5) is 10.5 Å². The first-order valence-electron chi connectivity index (χ1n) is 6.42. The quantitative estimate of drug-likeness (QED) is 0.619. The van der Waals surface area contributed by atoms with Crippen molar-refractivity contribution in [2.24, 2.45) is 0 Å². The number of amides is 2. The molecule has 0 aromatic heterocycles. The minimum atomic E-state index is -1.01. The minimum absolute atomic E-state index is 0.153. The normalized spacial score (nSPS) is 9.90. The van der Waals surface area contributed by atoms with Gasteiger partial charge in [-0.1, -0.05) is 12.1 Å². The highest BCUT2D eigenvalue weighted by Crippen LogP contribution is 2.17. The smallest absolute Gasteiger partial charge is 0.335 e. The average Bonchev–Trinajstić information content (AvgIpc) is 2.41. The van der Waals surface area contributed by atoms with Crippen molar-refractivity contribution in [2.45, 2.75) is 19.8 Å². The topological polar surface area (TPSA) is 69.6 Å². The Bertz CT molecular complexity index is 512. The fourth-order valence-corrected chi connectivity index (χ4v) is 1.67. The highest BCUT2D eigenvalue weighted by molar-refractivity contribution is 5.93. The Labute approximate surface area is 118 Å². The number of allylic oxidation sites excluding steroid dienone is 1. The van der Waals surface area contributed by atoms with Crippen LogP contribution < -0.4 is 5.32 Å². The first-order valence-corrected chi connectivity index (χ1v) is 6.42. The van der Waals surface area contributed by atoms with E-state index in [2.05, 4.69) is 11.9 Å². The van der Waals surface area contributed by atoms with Crippen molar-refractivity contribution >= 4 is 17.7 Å². The number of urea groups is 1. The summed E-state index contributed by atoms with van der Waals surface area (Å²) in [6, 6.07) is 4.41. The molecular weight excluding hydrogens is 256 g/mol. The van der Waals surface area contributed by atoms with Gasteiger partial charge in [-0.15, -0.1) is 6.58 Å². The van der Waals surface area contributed by atoms with Gasteiger partial charge in [-0.25, -0.2) is 9.59 Å². The van der Waals surface area contributed by atoms with Crippen LogP contribution in [-0.2, 0) is 0 Å². The molecule has 0 aliphatic rings. The second-order valence-electron chi connectivity index (χ2n) is 4.62. The second-order valence-corrected chi connectivity index (χ2v) is 4.62. The number of rotatable bonds is 6. The van der Waals surface area contributed by atoms with Crippen molar-refractivity contribution in [1.29, 1.82) is 0 Å². The van der Waals surface area contributed by atoms with E-state index >= 15 is 0 Å². The van der Waals surface area contributed by atoms with Gasteiger partial charge in [0.25, 0.3) is 0 Å². The molecule has 0 aliphatic carbocycles. The molecule has 5 nitrogen and oxygen atoms in total. The zero-order valence-corrected chi connectivity index (χ0v) is 11.8. The number of aromatic carboxylic acids is 1. The maximum atomic E-state index is 12.0. The van der Waals surface area contributed by atoms with E-state index in [-0.39, 0.29) is 11.6 Å². The number of nitrogens with zero attached hydrogens (tertiary/aromatic N) is 1. The molecule has 20 heavy (non-hydrogen) atoms. The van der Waals surface area contributed by atoms with Gasteiger partial charge in [-0.2, -0.15) is 0 Å². The number of hydrogen-bond donors (Lipinski definition) is 2. The second kappa shape index (κ2) is 7.33. The SMILES string of the molecule is C=CCCCN(C)C(=O)Nc1cc(C(=O)O)ccc1C. The van der Waals surface area contributed by atoms with Crippen LogP contribution in [0.2, 0.25) is 0 Å². The molecule has 0 fully saturated rings. The zero-order valence-electron chi connectivity index (χ0n) is 11.8. The molecule has 0 spiro atoms. The van der Waals surface area contributed by atoms with Gasteiger partial charge in [0, 0.05) is 19.3 Å². The van der Waals surface area contributed by atoms with Gasteiger partial charge < -0.3 is 15.3 Å². The molecule has 0 saturated heterocycles. The van der Waals surface area contributed by atoms with Crippen LogP contribution in [0, 0.1) is 6.92 Å². The summed E-state index contributed by atoms with van der Waals surface area (Å²) >= 11 is 0. The summed E-state index contributed by atoms with van der Waals surface area (Å²) in [6.07, 6.45) is 3.51. The molecular formula is C15H20N2O3. The van der Waals surface area contributed by atoms with Gasteiger partial charge in [0.1, 0.15) is 0 Å². The van der Waals surface area contributed by atoms with Crippen LogP contribution in [0.25, 0.3) is 0 Å². The molecule has 0 atom stereocenters. The fourth-order valence-electron chi connectivity index (χ4n) is 1.67. The van der Waals surface area contributed by atoms with E-state index < -0.39 is 5.97 Å². The maximum absolute atomic E-state index is 12.0. The van der Waals surface area contributed by atoms with Gasteiger partial charge in [0.2, 0.25) is 0 Å². The van der Waals surface area contributed by atoms with Crippen molar-refractivity contribution in [1.82, 2.24) is 4.90 Å². The van der Waals surface area contributed by atoms with E-state index in [1.54, 1.807) is 18.0 Å². The van der Waals surface area contributed by atoms with E-state index in [1.807, 2.05) is 13.0 Å². The lowest BCUT2D eigenvalue weighted by Gasteiger charge is -2.18. The van der Waals surface area contributed by atoms with Crippen molar-refractivity contribution < 1.29 is 14.7 Å². The summed E-state index contributed by atoms with van der Waals surface area (Å²) in [5.74, 6) is -1.01. The summed E-state index contributed by atoms with van der Waals surface area (Å²) in [5.41, 5.74) is 1.49. The van der Waals surface area contributed by atoms with Gasteiger partial charge in [-0.05, 0) is 37.5 Å². The highest BCUT2D eigenvalue weighted by Gasteiger charge is 2.11. The summed E-state index contributed by atoms with van der Waals surface area (Å²) in [6.45, 7) is 6.07. The first kappa shape index (κ1) is 15.8. The molecule has 0 bridgehead atoms. The Balaban J connectivity index is 2.71. The van der Waals surface area contributed by atoms with Gasteiger partial charge >= 0.3 is 12.0 Å². The van der Waals surface area contributed by atoms with E-state index in [1.165, 1.54) is 12.1 Å². The molecule has 1 aromatic carbocycles. The standard InChI is InChI=1S/C15H20N2O3/c1-4-5-6-9-17(3)15(20)16-13-10-12(14(18)19)8-7-11(13)2/h4,7-8,10H,1,5-6,9H2,2-3H3,(H,16,20)(H,18,19). The molecule has 108 valence electrons. The van der Waals surface area contributed by atoms with E-state index in [0.717, 1.165) is 18.4 Å². The van der Waals surface area contributed by atoms with E-state index in [9.17, 15) is 9.59 Å². The fraction of sp³-hybridized carbons (Fsp3) is 0.333. The third kappa shape index (κ3) is 4.42. The number of benzene rings is 1. The number of nitrogens with one attached hydrogen (secondary N) is 1. The number of carboxylic acids is 1. The lowest BCUT2D eigenvalue weighted by Crippen LogP contribution is -2.32. The van der Waals surface area contributed by atoms with Crippen molar-refractivity contribution in [3.05, 3.63) is 42.0 Å². The number of aryl methyl sites for hydroxylation is 1. The number of anilines is 1. The van der Waals surface area contributed by atoms with Crippen LogP contribution in [-0.4, -0.2) is 35.6 Å². The van der Waals surface area contributed by atoms with Crippen LogP contribution in [0.1, 0.15) is 28.8 Å². The molecule has 2 N–H and O–H groups in total. The van der Waals surface area contributed by atoms with Crippen LogP contribution >= 0.6 is 0 Å². The predicted molar refractivity (Wildman–Crippen MR) is 79.2 cm³/mol. The third-order valence-corrected chi connectivity index (χ3v) is 2.97. The molecule has 0 unspecified atom stereocenters. The van der Waals surface area contributed by atoms with Gasteiger partial charge in [-0.3, -0.25) is 0 Å². The minimum Gasteiger partial charge on any atom is -0.478 e. The lowest BCUT2D eigenvalue weighted by atomic mass is 10.1. The Kier molecular flexibility index (Phi) is 5.77. The lowest BCUT2D eigenvalue weighted by molar-refractivity contribution is 0.0697. The molecule has 1 rings (SSSR count). The van der Waals surface area contributed by atoms with Crippen molar-refractivity contribution in [2.75, 3.05) is 18.9 Å². The summed E-state index contributed by atoms with van der Waals surface area (Å²) in [5, 5.41) is 11.7. The summed E-state index contributed by atoms with van der Waals surface area (Å²) in [7, 11) is 1.70. The first-order chi connectivity index (χ1) is 9.45. The number of carbonyl (C=O) groups is 2. The van der Waals surface area contributed by atoms with Crippen molar-refractivity contribution in [3.8, 4) is 0 Å². The van der Waals surface area contributed by atoms with E-state index in [4.69, 9.17) is 5.11 Å².